The first-order chi connectivity index (χ1) is 8.94. The second kappa shape index (κ2) is 8.91. The topological polar surface area (TPSA) is 61.8 Å². The molecule has 0 fully saturated rings. The van der Waals surface area contributed by atoms with Crippen LogP contribution in [0, 0.1) is 11.3 Å². The predicted molar refractivity (Wildman–Crippen MR) is 71.6 cm³/mol. The first-order valence-corrected chi connectivity index (χ1v) is 6.78. The minimum absolute atomic E-state index is 0.172. The summed E-state index contributed by atoms with van der Waals surface area (Å²) in [7, 11) is 1.54. The van der Waals surface area contributed by atoms with Crippen molar-refractivity contribution in [3.05, 3.63) is 0 Å². The Morgan fingerprint density at radius 2 is 1.53 bits per heavy atom. The Morgan fingerprint density at radius 1 is 1.05 bits per heavy atom. The van der Waals surface area contributed by atoms with Gasteiger partial charge in [0.15, 0.2) is 5.41 Å². The van der Waals surface area contributed by atoms with E-state index >= 15 is 0 Å². The van der Waals surface area contributed by atoms with Crippen LogP contribution >= 0.6 is 0 Å². The third-order valence-electron chi connectivity index (χ3n) is 2.82. The monoisotopic (exact) mass is 274 g/mol. The standard InChI is InChI=1S/C14H26O5/c1-6-18-12(15)14(8-9-17-5,10-11(3)4)13(16)19-7-2/h11H,6-10H2,1-5H3. The molecule has 5 heteroatoms. The summed E-state index contributed by atoms with van der Waals surface area (Å²) in [6, 6.07) is 0. The number of carbonyl (C=O) groups is 2. The molecule has 0 radical (unpaired) electrons. The van der Waals surface area contributed by atoms with E-state index in [0.717, 1.165) is 0 Å². The lowest BCUT2D eigenvalue weighted by molar-refractivity contribution is -0.175. The van der Waals surface area contributed by atoms with Crippen LogP contribution in [0.5, 0.6) is 0 Å². The molecule has 0 spiro atoms. The zero-order valence-electron chi connectivity index (χ0n) is 12.7. The van der Waals surface area contributed by atoms with Gasteiger partial charge in [0, 0.05) is 13.7 Å². The van der Waals surface area contributed by atoms with Crippen LogP contribution in [-0.2, 0) is 23.8 Å². The second-order valence-electron chi connectivity index (χ2n) is 4.86. The van der Waals surface area contributed by atoms with Gasteiger partial charge in [0.2, 0.25) is 0 Å². The third kappa shape index (κ3) is 5.19. The van der Waals surface area contributed by atoms with E-state index in [1.807, 2.05) is 13.8 Å². The number of ether oxygens (including phenoxy) is 3. The van der Waals surface area contributed by atoms with E-state index in [-0.39, 0.29) is 25.6 Å². The molecule has 0 heterocycles. The Labute approximate surface area is 115 Å². The minimum Gasteiger partial charge on any atom is -0.465 e. The van der Waals surface area contributed by atoms with Crippen molar-refractivity contribution in [3.8, 4) is 0 Å². The molecule has 0 aromatic carbocycles. The second-order valence-corrected chi connectivity index (χ2v) is 4.86. The average Bonchev–Trinajstić information content (AvgIpc) is 2.34. The van der Waals surface area contributed by atoms with E-state index in [9.17, 15) is 9.59 Å². The van der Waals surface area contributed by atoms with E-state index in [0.29, 0.717) is 13.0 Å². The molecule has 0 atom stereocenters. The van der Waals surface area contributed by atoms with Crippen LogP contribution in [0.1, 0.15) is 40.5 Å². The van der Waals surface area contributed by atoms with Crippen LogP contribution in [-0.4, -0.2) is 38.9 Å². The molecule has 0 unspecified atom stereocenters. The third-order valence-corrected chi connectivity index (χ3v) is 2.82. The Kier molecular flexibility index (Phi) is 8.39. The highest BCUT2D eigenvalue weighted by Crippen LogP contribution is 2.34. The van der Waals surface area contributed by atoms with Crippen molar-refractivity contribution in [2.75, 3.05) is 26.9 Å². The SMILES string of the molecule is CCOC(=O)C(CCOC)(CC(C)C)C(=O)OCC. The Bertz CT molecular complexity index is 268. The van der Waals surface area contributed by atoms with Gasteiger partial charge in [-0.3, -0.25) is 9.59 Å². The number of methoxy groups -OCH3 is 1. The molecule has 112 valence electrons. The lowest BCUT2D eigenvalue weighted by Gasteiger charge is -2.30. The number of hydrogen-bond donors (Lipinski definition) is 0. The molecule has 0 rings (SSSR count). The molecule has 0 saturated heterocycles. The first kappa shape index (κ1) is 17.9. The minimum atomic E-state index is -1.25. The lowest BCUT2D eigenvalue weighted by atomic mass is 9.77. The summed E-state index contributed by atoms with van der Waals surface area (Å²) < 4.78 is 15.2. The molecule has 0 aromatic heterocycles. The van der Waals surface area contributed by atoms with E-state index < -0.39 is 17.4 Å². The zero-order chi connectivity index (χ0) is 14.9. The fraction of sp³-hybridized carbons (Fsp3) is 0.857. The average molecular weight is 274 g/mol. The van der Waals surface area contributed by atoms with Crippen molar-refractivity contribution in [2.45, 2.75) is 40.5 Å². The highest BCUT2D eigenvalue weighted by molar-refractivity contribution is 6.00. The molecule has 0 saturated carbocycles. The van der Waals surface area contributed by atoms with Crippen LogP contribution in [0.3, 0.4) is 0 Å². The molecule has 0 aliphatic rings. The quantitative estimate of drug-likeness (QED) is 0.476. The smallest absolute Gasteiger partial charge is 0.323 e. The van der Waals surface area contributed by atoms with Gasteiger partial charge >= 0.3 is 11.9 Å². The van der Waals surface area contributed by atoms with Crippen molar-refractivity contribution in [3.63, 3.8) is 0 Å². The fourth-order valence-corrected chi connectivity index (χ4v) is 2.07. The summed E-state index contributed by atoms with van der Waals surface area (Å²) in [5.41, 5.74) is -1.25. The summed E-state index contributed by atoms with van der Waals surface area (Å²) in [5, 5.41) is 0. The van der Waals surface area contributed by atoms with Gasteiger partial charge in [-0.2, -0.15) is 0 Å². The predicted octanol–water partition coefficient (Wildman–Crippen LogP) is 2.18. The molecule has 19 heavy (non-hydrogen) atoms. The highest BCUT2D eigenvalue weighted by Gasteiger charge is 2.48. The molecule has 0 aliphatic carbocycles. The van der Waals surface area contributed by atoms with Crippen molar-refractivity contribution in [1.82, 2.24) is 0 Å². The number of carbonyl (C=O) groups excluding carboxylic acids is 2. The maximum Gasteiger partial charge on any atom is 0.323 e. The Morgan fingerprint density at radius 3 is 1.84 bits per heavy atom. The van der Waals surface area contributed by atoms with Gasteiger partial charge in [0.25, 0.3) is 0 Å². The van der Waals surface area contributed by atoms with Gasteiger partial charge in [-0.25, -0.2) is 0 Å². The molecule has 0 N–H and O–H groups in total. The number of hydrogen-bond acceptors (Lipinski definition) is 5. The normalized spacial score (nSPS) is 11.5. The van der Waals surface area contributed by atoms with Crippen LogP contribution in [0.4, 0.5) is 0 Å². The molecule has 0 aliphatic heterocycles. The van der Waals surface area contributed by atoms with Crippen molar-refractivity contribution >= 4 is 11.9 Å². The van der Waals surface area contributed by atoms with Crippen LogP contribution in [0.25, 0.3) is 0 Å². The van der Waals surface area contributed by atoms with Crippen molar-refractivity contribution in [2.24, 2.45) is 11.3 Å². The van der Waals surface area contributed by atoms with Crippen molar-refractivity contribution < 1.29 is 23.8 Å². The maximum atomic E-state index is 12.2. The van der Waals surface area contributed by atoms with Crippen molar-refractivity contribution in [1.29, 1.82) is 0 Å². The van der Waals surface area contributed by atoms with Gasteiger partial charge in [0.1, 0.15) is 0 Å². The highest BCUT2D eigenvalue weighted by atomic mass is 16.6. The first-order valence-electron chi connectivity index (χ1n) is 6.78. The summed E-state index contributed by atoms with van der Waals surface area (Å²) >= 11 is 0. The number of esters is 2. The van der Waals surface area contributed by atoms with Crippen LogP contribution in [0.15, 0.2) is 0 Å². The van der Waals surface area contributed by atoms with Gasteiger partial charge in [-0.1, -0.05) is 13.8 Å². The molecular formula is C14H26O5. The molecule has 0 aromatic rings. The Hall–Kier alpha value is -1.10. The van der Waals surface area contributed by atoms with Crippen LogP contribution < -0.4 is 0 Å². The largest absolute Gasteiger partial charge is 0.465 e. The molecule has 0 amide bonds. The van der Waals surface area contributed by atoms with Gasteiger partial charge in [-0.15, -0.1) is 0 Å². The summed E-state index contributed by atoms with van der Waals surface area (Å²) in [6.45, 7) is 8.15. The summed E-state index contributed by atoms with van der Waals surface area (Å²) in [5.74, 6) is -0.857. The van der Waals surface area contributed by atoms with Crippen LogP contribution in [0.2, 0.25) is 0 Å². The Balaban J connectivity index is 5.29. The van der Waals surface area contributed by atoms with Gasteiger partial charge in [-0.05, 0) is 32.6 Å². The van der Waals surface area contributed by atoms with E-state index in [1.165, 1.54) is 7.11 Å². The molecule has 5 nitrogen and oxygen atoms in total. The van der Waals surface area contributed by atoms with Gasteiger partial charge in [0.05, 0.1) is 13.2 Å². The van der Waals surface area contributed by atoms with E-state index in [4.69, 9.17) is 14.2 Å². The van der Waals surface area contributed by atoms with Gasteiger partial charge < -0.3 is 14.2 Å². The van der Waals surface area contributed by atoms with E-state index in [1.54, 1.807) is 13.8 Å². The maximum absolute atomic E-state index is 12.2. The summed E-state index contributed by atoms with van der Waals surface area (Å²) in [4.78, 5) is 24.5. The molecular weight excluding hydrogens is 248 g/mol. The fourth-order valence-electron chi connectivity index (χ4n) is 2.07. The zero-order valence-corrected chi connectivity index (χ0v) is 12.7. The summed E-state index contributed by atoms with van der Waals surface area (Å²) in [6.07, 6.45) is 0.674. The van der Waals surface area contributed by atoms with E-state index in [2.05, 4.69) is 0 Å². The molecule has 0 bridgehead atoms. The lowest BCUT2D eigenvalue weighted by Crippen LogP contribution is -2.44. The number of rotatable bonds is 9.